The number of allylic oxidation sites excluding steroid dienone is 4. The van der Waals surface area contributed by atoms with Crippen LogP contribution in [0, 0.1) is 6.92 Å². The SMILES string of the molecule is CC(C)=CCC[C@@](C)(O)[C@@H](O)CCC(C)=CCC[C@@]1(C)CCc2cc(O)cc(C)c2O1. The van der Waals surface area contributed by atoms with Crippen LogP contribution in [0.4, 0.5) is 0 Å². The van der Waals surface area contributed by atoms with Gasteiger partial charge in [0, 0.05) is 0 Å². The van der Waals surface area contributed by atoms with E-state index in [9.17, 15) is 15.3 Å². The number of hydrogen-bond acceptors (Lipinski definition) is 4. The highest BCUT2D eigenvalue weighted by molar-refractivity contribution is 5.47. The number of aliphatic hydroxyl groups is 2. The van der Waals surface area contributed by atoms with Crippen LogP contribution in [0.2, 0.25) is 0 Å². The van der Waals surface area contributed by atoms with Gasteiger partial charge in [0.2, 0.25) is 0 Å². The van der Waals surface area contributed by atoms with Crippen molar-refractivity contribution < 1.29 is 20.1 Å². The zero-order valence-corrected chi connectivity index (χ0v) is 20.3. The van der Waals surface area contributed by atoms with Crippen LogP contribution >= 0.6 is 0 Å². The van der Waals surface area contributed by atoms with Crippen molar-refractivity contribution in [3.63, 3.8) is 0 Å². The summed E-state index contributed by atoms with van der Waals surface area (Å²) in [6.07, 6.45) is 9.99. The Kier molecular flexibility index (Phi) is 8.79. The second-order valence-electron chi connectivity index (χ2n) is 10.1. The Balaban J connectivity index is 1.82. The van der Waals surface area contributed by atoms with Crippen molar-refractivity contribution >= 4 is 0 Å². The fourth-order valence-electron chi connectivity index (χ4n) is 4.25. The van der Waals surface area contributed by atoms with Crippen LogP contribution in [0.5, 0.6) is 11.5 Å². The van der Waals surface area contributed by atoms with Gasteiger partial charge in [-0.15, -0.1) is 0 Å². The minimum atomic E-state index is -1.06. The highest BCUT2D eigenvalue weighted by Crippen LogP contribution is 2.39. The molecule has 0 unspecified atom stereocenters. The van der Waals surface area contributed by atoms with E-state index in [0.29, 0.717) is 18.6 Å². The van der Waals surface area contributed by atoms with Crippen LogP contribution in [0.1, 0.15) is 90.7 Å². The number of rotatable bonds is 10. The number of phenolic OH excluding ortho intramolecular Hbond substituents is 1. The predicted molar refractivity (Wildman–Crippen MR) is 128 cm³/mol. The Hall–Kier alpha value is -1.78. The lowest BCUT2D eigenvalue weighted by Crippen LogP contribution is -2.39. The molecule has 0 fully saturated rings. The zero-order chi connectivity index (χ0) is 23.2. The molecule has 1 heterocycles. The minimum absolute atomic E-state index is 0.209. The summed E-state index contributed by atoms with van der Waals surface area (Å²) in [5.74, 6) is 1.23. The maximum absolute atomic E-state index is 10.6. The number of ether oxygens (including phenoxy) is 1. The molecule has 3 atom stereocenters. The van der Waals surface area contributed by atoms with Crippen LogP contribution in [-0.4, -0.2) is 32.6 Å². The highest BCUT2D eigenvalue weighted by Gasteiger charge is 2.32. The molecule has 0 saturated carbocycles. The summed E-state index contributed by atoms with van der Waals surface area (Å²) in [4.78, 5) is 0. The standard InChI is InChI=1S/C27H42O4/c1-19(2)9-7-15-27(6,30)24(29)12-11-20(3)10-8-14-26(5)16-13-22-18-23(28)17-21(4)25(22)31-26/h9-10,17-18,24,28-30H,7-8,11-16H2,1-6H3/t24-,26-,27+/m0/s1. The third-order valence-corrected chi connectivity index (χ3v) is 6.51. The van der Waals surface area contributed by atoms with Gasteiger partial charge < -0.3 is 20.1 Å². The molecule has 3 N–H and O–H groups in total. The molecule has 174 valence electrons. The number of aryl methyl sites for hydroxylation is 2. The summed E-state index contributed by atoms with van der Waals surface area (Å²) >= 11 is 0. The monoisotopic (exact) mass is 430 g/mol. The molecule has 1 aliphatic heterocycles. The molecule has 1 aromatic rings. The van der Waals surface area contributed by atoms with E-state index in [1.807, 2.05) is 26.8 Å². The Morgan fingerprint density at radius 2 is 1.94 bits per heavy atom. The van der Waals surface area contributed by atoms with Gasteiger partial charge in [-0.3, -0.25) is 0 Å². The number of fused-ring (bicyclic) bond motifs is 1. The maximum atomic E-state index is 10.6. The Morgan fingerprint density at radius 3 is 2.61 bits per heavy atom. The third kappa shape index (κ3) is 7.69. The normalized spacial score (nSPS) is 21.6. The minimum Gasteiger partial charge on any atom is -0.508 e. The predicted octanol–water partition coefficient (Wildman–Crippen LogP) is 6.15. The Labute approximate surface area is 188 Å². The van der Waals surface area contributed by atoms with Crippen LogP contribution < -0.4 is 4.74 Å². The van der Waals surface area contributed by atoms with Gasteiger partial charge in [-0.05, 0) is 116 Å². The third-order valence-electron chi connectivity index (χ3n) is 6.51. The van der Waals surface area contributed by atoms with E-state index in [1.165, 1.54) is 11.1 Å². The Bertz CT molecular complexity index is 802. The first kappa shape index (κ1) is 25.5. The summed E-state index contributed by atoms with van der Waals surface area (Å²) in [7, 11) is 0. The van der Waals surface area contributed by atoms with Gasteiger partial charge in [-0.2, -0.15) is 0 Å². The molecular weight excluding hydrogens is 388 g/mol. The summed E-state index contributed by atoms with van der Waals surface area (Å²) < 4.78 is 6.37. The molecule has 0 bridgehead atoms. The molecular formula is C27H42O4. The average molecular weight is 431 g/mol. The van der Waals surface area contributed by atoms with Crippen molar-refractivity contribution in [2.75, 3.05) is 0 Å². The molecule has 1 aliphatic rings. The van der Waals surface area contributed by atoms with Crippen LogP contribution in [0.3, 0.4) is 0 Å². The van der Waals surface area contributed by atoms with Crippen molar-refractivity contribution in [2.45, 2.75) is 110 Å². The lowest BCUT2D eigenvalue weighted by atomic mass is 9.87. The molecule has 4 heteroatoms. The van der Waals surface area contributed by atoms with Crippen molar-refractivity contribution in [2.24, 2.45) is 0 Å². The van der Waals surface area contributed by atoms with Gasteiger partial charge in [0.25, 0.3) is 0 Å². The van der Waals surface area contributed by atoms with E-state index in [-0.39, 0.29) is 5.60 Å². The first-order valence-corrected chi connectivity index (χ1v) is 11.6. The van der Waals surface area contributed by atoms with Crippen LogP contribution in [-0.2, 0) is 6.42 Å². The second-order valence-corrected chi connectivity index (χ2v) is 10.1. The summed E-state index contributed by atoms with van der Waals surface area (Å²) in [5.41, 5.74) is 3.27. The largest absolute Gasteiger partial charge is 0.508 e. The summed E-state index contributed by atoms with van der Waals surface area (Å²) in [5, 5.41) is 30.8. The van der Waals surface area contributed by atoms with Crippen LogP contribution in [0.15, 0.2) is 35.4 Å². The molecule has 2 rings (SSSR count). The van der Waals surface area contributed by atoms with Crippen molar-refractivity contribution in [3.05, 3.63) is 46.6 Å². The molecule has 0 aliphatic carbocycles. The van der Waals surface area contributed by atoms with Gasteiger partial charge in [0.15, 0.2) is 0 Å². The molecule has 0 amide bonds. The van der Waals surface area contributed by atoms with E-state index in [0.717, 1.165) is 55.4 Å². The van der Waals surface area contributed by atoms with Crippen molar-refractivity contribution in [1.29, 1.82) is 0 Å². The van der Waals surface area contributed by atoms with Crippen molar-refractivity contribution in [3.8, 4) is 11.5 Å². The van der Waals surface area contributed by atoms with Crippen LogP contribution in [0.25, 0.3) is 0 Å². The van der Waals surface area contributed by atoms with E-state index in [1.54, 1.807) is 13.0 Å². The van der Waals surface area contributed by atoms with Crippen molar-refractivity contribution in [1.82, 2.24) is 0 Å². The summed E-state index contributed by atoms with van der Waals surface area (Å²) in [6, 6.07) is 3.57. The van der Waals surface area contributed by atoms with Gasteiger partial charge in [-0.25, -0.2) is 0 Å². The van der Waals surface area contributed by atoms with Gasteiger partial charge in [-0.1, -0.05) is 23.3 Å². The van der Waals surface area contributed by atoms with E-state index in [4.69, 9.17) is 4.74 Å². The number of aliphatic hydroxyl groups excluding tert-OH is 1. The lowest BCUT2D eigenvalue weighted by molar-refractivity contribution is -0.0691. The molecule has 31 heavy (non-hydrogen) atoms. The number of hydrogen-bond donors (Lipinski definition) is 3. The zero-order valence-electron chi connectivity index (χ0n) is 20.3. The fourth-order valence-corrected chi connectivity index (χ4v) is 4.25. The summed E-state index contributed by atoms with van der Waals surface area (Å²) in [6.45, 7) is 12.1. The average Bonchev–Trinajstić information content (AvgIpc) is 2.66. The maximum Gasteiger partial charge on any atom is 0.126 e. The molecule has 0 saturated heterocycles. The van der Waals surface area contributed by atoms with E-state index in [2.05, 4.69) is 26.0 Å². The number of benzene rings is 1. The first-order chi connectivity index (χ1) is 14.4. The van der Waals surface area contributed by atoms with Gasteiger partial charge >= 0.3 is 0 Å². The number of aromatic hydroxyl groups is 1. The highest BCUT2D eigenvalue weighted by atomic mass is 16.5. The second kappa shape index (κ2) is 10.7. The molecule has 0 radical (unpaired) electrons. The first-order valence-electron chi connectivity index (χ1n) is 11.6. The quantitative estimate of drug-likeness (QED) is 0.389. The molecule has 1 aromatic carbocycles. The van der Waals surface area contributed by atoms with E-state index < -0.39 is 11.7 Å². The number of phenols is 1. The van der Waals surface area contributed by atoms with E-state index >= 15 is 0 Å². The van der Waals surface area contributed by atoms with Gasteiger partial charge in [0.1, 0.15) is 17.1 Å². The smallest absolute Gasteiger partial charge is 0.126 e. The molecule has 0 spiro atoms. The molecule has 4 nitrogen and oxygen atoms in total. The lowest BCUT2D eigenvalue weighted by Gasteiger charge is -2.36. The Morgan fingerprint density at radius 1 is 1.23 bits per heavy atom. The van der Waals surface area contributed by atoms with Gasteiger partial charge in [0.05, 0.1) is 11.7 Å². The topological polar surface area (TPSA) is 69.9 Å². The fraction of sp³-hybridized carbons (Fsp3) is 0.630. The molecule has 0 aromatic heterocycles.